The van der Waals surface area contributed by atoms with Crippen LogP contribution in [0.25, 0.3) is 0 Å². The molecule has 0 aliphatic heterocycles. The number of hydrogen-bond acceptors (Lipinski definition) is 2. The highest BCUT2D eigenvalue weighted by Crippen LogP contribution is 2.44. The summed E-state index contributed by atoms with van der Waals surface area (Å²) in [6, 6.07) is 19.2. The second kappa shape index (κ2) is 11.0. The standard InChI is InChI=1S/C26H33NO2/c1-3-5-15-26(28)27-19-24-21(17-20-11-7-6-8-12-20)18-25(29-16-4-2)23-14-10-9-13-22(23)24/h4,6-14,21,24-25H,2-3,5,15-19H2,1H3,(H,27,28). The second-order valence-electron chi connectivity index (χ2n) is 7.94. The van der Waals surface area contributed by atoms with Crippen LogP contribution in [0.4, 0.5) is 0 Å². The smallest absolute Gasteiger partial charge is 0.220 e. The summed E-state index contributed by atoms with van der Waals surface area (Å²) in [5.74, 6) is 0.863. The van der Waals surface area contributed by atoms with Crippen LogP contribution in [0.1, 0.15) is 61.3 Å². The Bertz CT molecular complexity index is 786. The van der Waals surface area contributed by atoms with Crippen molar-refractivity contribution in [3.63, 3.8) is 0 Å². The monoisotopic (exact) mass is 391 g/mol. The van der Waals surface area contributed by atoms with E-state index < -0.39 is 0 Å². The molecule has 154 valence electrons. The van der Waals surface area contributed by atoms with Crippen molar-refractivity contribution in [2.75, 3.05) is 13.2 Å². The van der Waals surface area contributed by atoms with Crippen molar-refractivity contribution in [2.45, 2.75) is 51.0 Å². The van der Waals surface area contributed by atoms with Gasteiger partial charge >= 0.3 is 0 Å². The Morgan fingerprint density at radius 3 is 2.59 bits per heavy atom. The molecule has 0 radical (unpaired) electrons. The van der Waals surface area contributed by atoms with Crippen LogP contribution >= 0.6 is 0 Å². The normalized spacial score (nSPS) is 20.7. The molecular weight excluding hydrogens is 358 g/mol. The third kappa shape index (κ3) is 5.80. The molecule has 0 saturated heterocycles. The third-order valence-corrected chi connectivity index (χ3v) is 5.86. The number of ether oxygens (including phenoxy) is 1. The molecule has 0 spiro atoms. The molecule has 3 rings (SSSR count). The highest BCUT2D eigenvalue weighted by molar-refractivity contribution is 5.75. The lowest BCUT2D eigenvalue weighted by atomic mass is 9.71. The minimum atomic E-state index is 0.0740. The van der Waals surface area contributed by atoms with Gasteiger partial charge in [0.15, 0.2) is 0 Å². The molecule has 0 aromatic heterocycles. The summed E-state index contributed by atoms with van der Waals surface area (Å²) in [4.78, 5) is 12.3. The number of nitrogens with one attached hydrogen (secondary N) is 1. The lowest BCUT2D eigenvalue weighted by Gasteiger charge is -2.38. The van der Waals surface area contributed by atoms with Crippen LogP contribution in [0, 0.1) is 5.92 Å². The van der Waals surface area contributed by atoms with Crippen molar-refractivity contribution >= 4 is 5.91 Å². The Morgan fingerprint density at radius 1 is 1.14 bits per heavy atom. The molecule has 3 atom stereocenters. The highest BCUT2D eigenvalue weighted by atomic mass is 16.5. The molecule has 3 nitrogen and oxygen atoms in total. The molecule has 2 aromatic carbocycles. The fraction of sp³-hybridized carbons (Fsp3) is 0.423. The van der Waals surface area contributed by atoms with Crippen LogP contribution < -0.4 is 5.32 Å². The first-order valence-electron chi connectivity index (χ1n) is 10.8. The number of unbranched alkanes of at least 4 members (excludes halogenated alkanes) is 1. The summed E-state index contributed by atoms with van der Waals surface area (Å²) in [6.45, 7) is 7.16. The van der Waals surface area contributed by atoms with Crippen molar-refractivity contribution < 1.29 is 9.53 Å². The average molecular weight is 392 g/mol. The van der Waals surface area contributed by atoms with Crippen LogP contribution in [0.15, 0.2) is 67.3 Å². The van der Waals surface area contributed by atoms with Gasteiger partial charge in [0.2, 0.25) is 5.91 Å². The zero-order valence-corrected chi connectivity index (χ0v) is 17.5. The van der Waals surface area contributed by atoms with Gasteiger partial charge in [-0.3, -0.25) is 4.79 Å². The molecule has 1 aliphatic carbocycles. The van der Waals surface area contributed by atoms with Gasteiger partial charge in [-0.15, -0.1) is 6.58 Å². The van der Waals surface area contributed by atoms with Gasteiger partial charge in [-0.05, 0) is 41.9 Å². The average Bonchev–Trinajstić information content (AvgIpc) is 2.76. The maximum atomic E-state index is 12.3. The molecule has 0 fully saturated rings. The van der Waals surface area contributed by atoms with Gasteiger partial charge in [0.05, 0.1) is 12.7 Å². The van der Waals surface area contributed by atoms with E-state index in [2.05, 4.69) is 73.4 Å². The number of fused-ring (bicyclic) bond motifs is 1. The van der Waals surface area contributed by atoms with Crippen molar-refractivity contribution in [3.8, 4) is 0 Å². The lowest BCUT2D eigenvalue weighted by molar-refractivity contribution is -0.121. The molecule has 29 heavy (non-hydrogen) atoms. The Labute approximate surface area is 175 Å². The molecule has 0 heterocycles. The molecule has 1 N–H and O–H groups in total. The first kappa shape index (κ1) is 21.3. The second-order valence-corrected chi connectivity index (χ2v) is 7.94. The maximum Gasteiger partial charge on any atom is 0.220 e. The van der Waals surface area contributed by atoms with E-state index in [9.17, 15) is 4.79 Å². The van der Waals surface area contributed by atoms with E-state index in [0.717, 1.165) is 25.7 Å². The van der Waals surface area contributed by atoms with Crippen LogP contribution in [0.2, 0.25) is 0 Å². The fourth-order valence-electron chi connectivity index (χ4n) is 4.37. The molecule has 3 heteroatoms. The van der Waals surface area contributed by atoms with E-state index in [-0.39, 0.29) is 12.0 Å². The van der Waals surface area contributed by atoms with E-state index in [1.54, 1.807) is 0 Å². The van der Waals surface area contributed by atoms with Gasteiger partial charge in [-0.2, -0.15) is 0 Å². The molecule has 2 aromatic rings. The van der Waals surface area contributed by atoms with E-state index in [0.29, 0.717) is 31.4 Å². The number of benzene rings is 2. The minimum Gasteiger partial charge on any atom is -0.369 e. The van der Waals surface area contributed by atoms with Crippen LogP contribution in [0.5, 0.6) is 0 Å². The highest BCUT2D eigenvalue weighted by Gasteiger charge is 2.35. The SMILES string of the molecule is C=CCOC1CC(Cc2ccccc2)C(CNC(=O)CCCC)c2ccccc21. The minimum absolute atomic E-state index is 0.0740. The summed E-state index contributed by atoms with van der Waals surface area (Å²) in [6.07, 6.45) is 6.42. The summed E-state index contributed by atoms with van der Waals surface area (Å²) >= 11 is 0. The van der Waals surface area contributed by atoms with E-state index in [1.807, 2.05) is 6.08 Å². The zero-order chi connectivity index (χ0) is 20.5. The summed E-state index contributed by atoms with van der Waals surface area (Å²) in [5, 5.41) is 3.21. The van der Waals surface area contributed by atoms with Gasteiger partial charge in [-0.1, -0.05) is 74.0 Å². The van der Waals surface area contributed by atoms with E-state index in [4.69, 9.17) is 4.74 Å². The summed E-state index contributed by atoms with van der Waals surface area (Å²) < 4.78 is 6.15. The summed E-state index contributed by atoms with van der Waals surface area (Å²) in [7, 11) is 0. The Kier molecular flexibility index (Phi) is 8.06. The van der Waals surface area contributed by atoms with Gasteiger partial charge in [0, 0.05) is 18.9 Å². The summed E-state index contributed by atoms with van der Waals surface area (Å²) in [5.41, 5.74) is 3.90. The molecule has 3 unspecified atom stereocenters. The predicted octanol–water partition coefficient (Wildman–Crippen LogP) is 5.58. The van der Waals surface area contributed by atoms with Crippen molar-refractivity contribution in [2.24, 2.45) is 5.92 Å². The van der Waals surface area contributed by atoms with Crippen LogP contribution in [-0.4, -0.2) is 19.1 Å². The van der Waals surface area contributed by atoms with E-state index >= 15 is 0 Å². The molecule has 0 bridgehead atoms. The largest absolute Gasteiger partial charge is 0.369 e. The third-order valence-electron chi connectivity index (χ3n) is 5.86. The number of carbonyl (C=O) groups is 1. The first-order chi connectivity index (χ1) is 14.2. The van der Waals surface area contributed by atoms with Gasteiger partial charge < -0.3 is 10.1 Å². The Balaban J connectivity index is 1.83. The fourth-order valence-corrected chi connectivity index (χ4v) is 4.37. The maximum absolute atomic E-state index is 12.3. The predicted molar refractivity (Wildman–Crippen MR) is 119 cm³/mol. The van der Waals surface area contributed by atoms with Crippen molar-refractivity contribution in [3.05, 3.63) is 83.9 Å². The lowest BCUT2D eigenvalue weighted by Crippen LogP contribution is -2.36. The number of hydrogen-bond donors (Lipinski definition) is 1. The zero-order valence-electron chi connectivity index (χ0n) is 17.5. The number of rotatable bonds is 10. The van der Waals surface area contributed by atoms with Gasteiger partial charge in [-0.25, -0.2) is 0 Å². The van der Waals surface area contributed by atoms with Crippen LogP contribution in [-0.2, 0) is 16.0 Å². The van der Waals surface area contributed by atoms with Gasteiger partial charge in [0.25, 0.3) is 0 Å². The molecule has 1 amide bonds. The molecular formula is C26H33NO2. The van der Waals surface area contributed by atoms with Crippen molar-refractivity contribution in [1.29, 1.82) is 0 Å². The Morgan fingerprint density at radius 2 is 1.86 bits per heavy atom. The van der Waals surface area contributed by atoms with Gasteiger partial charge in [0.1, 0.15) is 0 Å². The number of amides is 1. The molecule has 0 saturated carbocycles. The molecule has 1 aliphatic rings. The first-order valence-corrected chi connectivity index (χ1v) is 10.8. The topological polar surface area (TPSA) is 38.3 Å². The Hall–Kier alpha value is -2.39. The van der Waals surface area contributed by atoms with E-state index in [1.165, 1.54) is 16.7 Å². The quantitative estimate of drug-likeness (QED) is 0.537. The van der Waals surface area contributed by atoms with Crippen molar-refractivity contribution in [1.82, 2.24) is 5.32 Å². The number of carbonyl (C=O) groups excluding carboxylic acids is 1. The van der Waals surface area contributed by atoms with Crippen LogP contribution in [0.3, 0.4) is 0 Å².